The van der Waals surface area contributed by atoms with E-state index in [4.69, 9.17) is 10.1 Å². The van der Waals surface area contributed by atoms with Gasteiger partial charge in [-0.3, -0.25) is 10.2 Å². The first-order chi connectivity index (χ1) is 17.0. The predicted molar refractivity (Wildman–Crippen MR) is 132 cm³/mol. The summed E-state index contributed by atoms with van der Waals surface area (Å²) in [6.45, 7) is 3.94. The van der Waals surface area contributed by atoms with Gasteiger partial charge in [-0.2, -0.15) is 0 Å². The van der Waals surface area contributed by atoms with Crippen LogP contribution in [0.3, 0.4) is 0 Å². The molecule has 0 amide bonds. The highest BCUT2D eigenvalue weighted by atomic mass is 16.5. The lowest BCUT2D eigenvalue weighted by atomic mass is 9.67. The molecular formula is C28H23N3O4. The van der Waals surface area contributed by atoms with Crippen molar-refractivity contribution >= 4 is 28.8 Å². The summed E-state index contributed by atoms with van der Waals surface area (Å²) in [6, 6.07) is 16.4. The number of aromatic carboxylic acids is 1. The number of rotatable bonds is 3. The van der Waals surface area contributed by atoms with Crippen LogP contribution >= 0.6 is 0 Å². The molecule has 7 rings (SSSR count). The summed E-state index contributed by atoms with van der Waals surface area (Å²) in [7, 11) is 0. The topological polar surface area (TPSA) is 93.9 Å². The van der Waals surface area contributed by atoms with Gasteiger partial charge in [0.15, 0.2) is 0 Å². The smallest absolute Gasteiger partial charge is 0.335 e. The molecule has 1 spiro atoms. The molecule has 2 N–H and O–H groups in total. The van der Waals surface area contributed by atoms with Crippen molar-refractivity contribution in [2.24, 2.45) is 0 Å². The largest absolute Gasteiger partial charge is 0.478 e. The normalized spacial score (nSPS) is 18.9. The molecule has 3 aliphatic heterocycles. The number of benzene rings is 3. The predicted octanol–water partition coefficient (Wildman–Crippen LogP) is 4.46. The fraction of sp³-hybridized carbons (Fsp3) is 0.250. The Morgan fingerprint density at radius 3 is 1.89 bits per heavy atom. The van der Waals surface area contributed by atoms with Gasteiger partial charge in [0.05, 0.1) is 16.7 Å². The lowest BCUT2D eigenvalue weighted by molar-refractivity contribution is 0.0696. The highest BCUT2D eigenvalue weighted by Gasteiger charge is 2.55. The number of anilines is 2. The average molecular weight is 466 g/mol. The zero-order valence-electron chi connectivity index (χ0n) is 19.0. The van der Waals surface area contributed by atoms with E-state index in [1.807, 2.05) is 36.4 Å². The zero-order chi connectivity index (χ0) is 23.9. The Hall–Kier alpha value is -4.13. The summed E-state index contributed by atoms with van der Waals surface area (Å²) in [4.78, 5) is 29.8. The number of fused-ring (bicyclic) bond motifs is 6. The van der Waals surface area contributed by atoms with Crippen LogP contribution in [-0.4, -0.2) is 48.7 Å². The Bertz CT molecular complexity index is 1410. The van der Waals surface area contributed by atoms with Crippen LogP contribution in [0.1, 0.15) is 50.2 Å². The van der Waals surface area contributed by atoms with E-state index < -0.39 is 11.4 Å². The van der Waals surface area contributed by atoms with Crippen LogP contribution in [0, 0.1) is 5.41 Å². The van der Waals surface area contributed by atoms with Crippen molar-refractivity contribution in [1.29, 1.82) is 5.41 Å². The van der Waals surface area contributed by atoms with Crippen LogP contribution < -0.4 is 14.5 Å². The van der Waals surface area contributed by atoms with E-state index in [1.54, 1.807) is 12.1 Å². The maximum absolute atomic E-state index is 13.4. The molecule has 7 nitrogen and oxygen atoms in total. The molecule has 0 saturated carbocycles. The first kappa shape index (κ1) is 20.3. The molecule has 0 atom stereocenters. The number of ether oxygens (including phenoxy) is 1. The molecule has 2 saturated heterocycles. The van der Waals surface area contributed by atoms with Gasteiger partial charge in [-0.25, -0.2) is 4.79 Å². The number of hydrogen-bond acceptors (Lipinski definition) is 6. The van der Waals surface area contributed by atoms with Gasteiger partial charge >= 0.3 is 5.97 Å². The first-order valence-corrected chi connectivity index (χ1v) is 12.0. The van der Waals surface area contributed by atoms with E-state index in [2.05, 4.69) is 9.80 Å². The highest BCUT2D eigenvalue weighted by Crippen LogP contribution is 2.57. The van der Waals surface area contributed by atoms with Gasteiger partial charge < -0.3 is 19.6 Å². The van der Waals surface area contributed by atoms with Crippen LogP contribution in [-0.2, 0) is 5.41 Å². The maximum atomic E-state index is 13.4. The van der Waals surface area contributed by atoms with Gasteiger partial charge in [0.25, 0.3) is 0 Å². The summed E-state index contributed by atoms with van der Waals surface area (Å²) in [6.07, 6.45) is 2.29. The minimum atomic E-state index is -1.22. The molecule has 3 aromatic carbocycles. The highest BCUT2D eigenvalue weighted by molar-refractivity contribution is 6.53. The molecule has 2 fully saturated rings. The molecule has 0 aromatic heterocycles. The van der Waals surface area contributed by atoms with E-state index in [0.717, 1.165) is 50.4 Å². The van der Waals surface area contributed by atoms with Crippen LogP contribution in [0.25, 0.3) is 0 Å². The van der Waals surface area contributed by atoms with E-state index in [0.29, 0.717) is 33.8 Å². The Balaban J connectivity index is 1.52. The van der Waals surface area contributed by atoms with Crippen molar-refractivity contribution in [2.45, 2.75) is 18.3 Å². The quantitative estimate of drug-likeness (QED) is 0.593. The van der Waals surface area contributed by atoms with Crippen LogP contribution in [0.5, 0.6) is 11.5 Å². The monoisotopic (exact) mass is 465 g/mol. The van der Waals surface area contributed by atoms with Gasteiger partial charge in [0.2, 0.25) is 5.78 Å². The van der Waals surface area contributed by atoms with Crippen LogP contribution in [0.15, 0.2) is 54.6 Å². The molecule has 1 aliphatic carbocycles. The lowest BCUT2D eigenvalue weighted by Gasteiger charge is -2.40. The number of Topliss-reactive ketones (excluding diaryl/α,β-unsaturated/α-hetero) is 1. The zero-order valence-corrected chi connectivity index (χ0v) is 19.0. The summed E-state index contributed by atoms with van der Waals surface area (Å²) < 4.78 is 6.48. The third-order valence-electron chi connectivity index (χ3n) is 7.92. The number of hydrogen-bond donors (Lipinski definition) is 2. The molecule has 7 heteroatoms. The number of carbonyl (C=O) groups excluding carboxylic acids is 1. The molecule has 35 heavy (non-hydrogen) atoms. The second-order valence-electron chi connectivity index (χ2n) is 9.66. The third-order valence-corrected chi connectivity index (χ3v) is 7.92. The number of carbonyl (C=O) groups is 2. The molecule has 0 radical (unpaired) electrons. The first-order valence-electron chi connectivity index (χ1n) is 12.0. The molecule has 0 unspecified atom stereocenters. The minimum absolute atomic E-state index is 0.0748. The van der Waals surface area contributed by atoms with Crippen LogP contribution in [0.2, 0.25) is 0 Å². The van der Waals surface area contributed by atoms with Gasteiger partial charge in [0.1, 0.15) is 11.5 Å². The minimum Gasteiger partial charge on any atom is -0.478 e. The Labute approximate surface area is 202 Å². The van der Waals surface area contributed by atoms with E-state index in [9.17, 15) is 14.7 Å². The van der Waals surface area contributed by atoms with Gasteiger partial charge in [-0.15, -0.1) is 0 Å². The van der Waals surface area contributed by atoms with Crippen molar-refractivity contribution in [2.75, 3.05) is 36.0 Å². The van der Waals surface area contributed by atoms with Gasteiger partial charge in [-0.05, 0) is 48.7 Å². The molecule has 0 bridgehead atoms. The average Bonchev–Trinajstić information content (AvgIpc) is 2.99. The summed E-state index contributed by atoms with van der Waals surface area (Å²) in [5, 5.41) is 18.8. The number of carboxylic acid groups (broad SMARTS) is 1. The fourth-order valence-electron chi connectivity index (χ4n) is 5.80. The Morgan fingerprint density at radius 1 is 0.829 bits per heavy atom. The summed E-state index contributed by atoms with van der Waals surface area (Å²) in [5.41, 5.74) is 3.19. The number of nitrogens with zero attached hydrogens (tertiary/aromatic N) is 2. The second-order valence-corrected chi connectivity index (χ2v) is 9.66. The van der Waals surface area contributed by atoms with Crippen molar-refractivity contribution in [3.05, 3.63) is 82.4 Å². The van der Waals surface area contributed by atoms with E-state index >= 15 is 0 Å². The van der Waals surface area contributed by atoms with Gasteiger partial charge in [-0.1, -0.05) is 12.1 Å². The maximum Gasteiger partial charge on any atom is 0.335 e. The third kappa shape index (κ3) is 2.58. The SMILES string of the molecule is N=C1C(=O)c2ccc(C(=O)O)cc2C12c1ccc(N3CCC3)cc1Oc1cc(N3CCC3)ccc12. The summed E-state index contributed by atoms with van der Waals surface area (Å²) in [5.74, 6) is -0.237. The van der Waals surface area contributed by atoms with Crippen molar-refractivity contribution in [1.82, 2.24) is 0 Å². The van der Waals surface area contributed by atoms with E-state index in [-0.39, 0.29) is 17.1 Å². The molecule has 3 heterocycles. The Kier molecular flexibility index (Phi) is 4.02. The molecular weight excluding hydrogens is 442 g/mol. The molecule has 4 aliphatic rings. The number of nitrogens with one attached hydrogen (secondary N) is 1. The molecule has 3 aromatic rings. The summed E-state index contributed by atoms with van der Waals surface area (Å²) >= 11 is 0. The molecule has 174 valence electrons. The van der Waals surface area contributed by atoms with Crippen LogP contribution in [0.4, 0.5) is 11.4 Å². The number of ketones is 1. The second kappa shape index (κ2) is 6.95. The fourth-order valence-corrected chi connectivity index (χ4v) is 5.80. The van der Waals surface area contributed by atoms with Crippen molar-refractivity contribution in [3.63, 3.8) is 0 Å². The van der Waals surface area contributed by atoms with Crippen molar-refractivity contribution < 1.29 is 19.4 Å². The van der Waals surface area contributed by atoms with Crippen molar-refractivity contribution in [3.8, 4) is 11.5 Å². The van der Waals surface area contributed by atoms with Gasteiger partial charge in [0, 0.05) is 66.4 Å². The lowest BCUT2D eigenvalue weighted by Crippen LogP contribution is -2.40. The standard InChI is InChI=1S/C28H23N3O4/c29-26-25(32)19-6-3-16(27(33)34)13-22(19)28(26)20-7-4-17(30-9-1-10-30)14-23(20)35-24-15-18(5-8-21(24)28)31-11-2-12-31/h3-8,13-15,29H,1-2,9-12H2,(H,33,34). The Morgan fingerprint density at radius 2 is 1.40 bits per heavy atom. The van der Waals surface area contributed by atoms with E-state index in [1.165, 1.54) is 6.07 Å². The number of carboxylic acids is 1.